The van der Waals surface area contributed by atoms with Gasteiger partial charge in [-0.15, -0.1) is 0 Å². The molecule has 0 aliphatic heterocycles. The van der Waals surface area contributed by atoms with Gasteiger partial charge in [0.15, 0.2) is 0 Å². The Morgan fingerprint density at radius 1 is 1.12 bits per heavy atom. The van der Waals surface area contributed by atoms with Gasteiger partial charge in [0.05, 0.1) is 0 Å². The van der Waals surface area contributed by atoms with E-state index >= 15 is 0 Å². The number of benzene rings is 1. The molecule has 2 aromatic heterocycles. The third-order valence-corrected chi connectivity index (χ3v) is 3.44. The van der Waals surface area contributed by atoms with Crippen LogP contribution in [0.25, 0.3) is 10.8 Å². The first-order valence-electron chi connectivity index (χ1n) is 5.51. The number of rotatable bonds is 3. The van der Waals surface area contributed by atoms with Gasteiger partial charge in [-0.25, -0.2) is 0 Å². The maximum atomic E-state index is 4.28. The third-order valence-electron chi connectivity index (χ3n) is 2.75. The van der Waals surface area contributed by atoms with E-state index in [1.807, 2.05) is 18.5 Å². The third kappa shape index (κ3) is 2.15. The highest BCUT2D eigenvalue weighted by molar-refractivity contribution is 7.08. The lowest BCUT2D eigenvalue weighted by Gasteiger charge is -2.07. The lowest BCUT2D eigenvalue weighted by atomic mass is 10.1. The fourth-order valence-corrected chi connectivity index (χ4v) is 2.49. The van der Waals surface area contributed by atoms with Crippen molar-refractivity contribution in [1.82, 2.24) is 4.98 Å². The molecule has 0 amide bonds. The Kier molecular flexibility index (Phi) is 2.76. The highest BCUT2D eigenvalue weighted by Gasteiger charge is 2.00. The Morgan fingerprint density at radius 2 is 2.06 bits per heavy atom. The molecule has 3 aromatic rings. The van der Waals surface area contributed by atoms with Crippen LogP contribution in [0.1, 0.15) is 5.56 Å². The minimum atomic E-state index is 0.811. The average Bonchev–Trinajstić information content (AvgIpc) is 2.89. The summed E-state index contributed by atoms with van der Waals surface area (Å²) in [5.41, 5.74) is 2.40. The second kappa shape index (κ2) is 4.55. The van der Waals surface area contributed by atoms with Gasteiger partial charge in [-0.1, -0.05) is 24.3 Å². The minimum absolute atomic E-state index is 0.811. The van der Waals surface area contributed by atoms with Crippen LogP contribution < -0.4 is 5.32 Å². The quantitative estimate of drug-likeness (QED) is 0.750. The summed E-state index contributed by atoms with van der Waals surface area (Å²) in [6.07, 6.45) is 3.84. The van der Waals surface area contributed by atoms with E-state index in [9.17, 15) is 0 Å². The van der Waals surface area contributed by atoms with Gasteiger partial charge >= 0.3 is 0 Å². The minimum Gasteiger partial charge on any atom is -0.380 e. The van der Waals surface area contributed by atoms with Gasteiger partial charge < -0.3 is 5.32 Å². The summed E-state index contributed by atoms with van der Waals surface area (Å²) >= 11 is 1.70. The van der Waals surface area contributed by atoms with Crippen molar-refractivity contribution >= 4 is 27.8 Å². The monoisotopic (exact) mass is 240 g/mol. The molecule has 0 spiro atoms. The summed E-state index contributed by atoms with van der Waals surface area (Å²) in [5, 5.41) is 10.0. The largest absolute Gasteiger partial charge is 0.380 e. The van der Waals surface area contributed by atoms with Crippen LogP contribution in [-0.2, 0) is 6.54 Å². The fourth-order valence-electron chi connectivity index (χ4n) is 1.88. The van der Waals surface area contributed by atoms with Crippen molar-refractivity contribution in [1.29, 1.82) is 0 Å². The summed E-state index contributed by atoms with van der Waals surface area (Å²) in [6.45, 7) is 0.811. The average molecular weight is 240 g/mol. The van der Waals surface area contributed by atoms with Crippen molar-refractivity contribution in [2.45, 2.75) is 6.54 Å². The molecule has 0 fully saturated rings. The molecule has 84 valence electrons. The Bertz CT molecular complexity index is 612. The molecule has 0 aliphatic carbocycles. The van der Waals surface area contributed by atoms with Crippen LogP contribution in [0, 0.1) is 0 Å². The first-order valence-corrected chi connectivity index (χ1v) is 6.45. The summed E-state index contributed by atoms with van der Waals surface area (Å²) in [6, 6.07) is 10.4. The molecule has 0 saturated carbocycles. The first-order chi connectivity index (χ1) is 8.43. The van der Waals surface area contributed by atoms with Crippen LogP contribution in [0.15, 0.2) is 53.5 Å². The van der Waals surface area contributed by atoms with Gasteiger partial charge in [0.1, 0.15) is 0 Å². The number of nitrogens with one attached hydrogen (secondary N) is 1. The topological polar surface area (TPSA) is 24.9 Å². The number of anilines is 1. The van der Waals surface area contributed by atoms with Crippen molar-refractivity contribution in [2.75, 3.05) is 5.32 Å². The molecule has 3 heteroatoms. The second-order valence-corrected chi connectivity index (χ2v) is 4.67. The molecule has 1 N–H and O–H groups in total. The summed E-state index contributed by atoms with van der Waals surface area (Å²) in [4.78, 5) is 4.28. The summed E-state index contributed by atoms with van der Waals surface area (Å²) in [5.74, 6) is 0. The van der Waals surface area contributed by atoms with E-state index in [1.165, 1.54) is 22.0 Å². The number of fused-ring (bicyclic) bond motifs is 1. The number of hydrogen-bond acceptors (Lipinski definition) is 3. The molecule has 0 aliphatic rings. The molecule has 0 bridgehead atoms. The zero-order valence-corrected chi connectivity index (χ0v) is 10.1. The lowest BCUT2D eigenvalue weighted by Crippen LogP contribution is -1.99. The molecule has 17 heavy (non-hydrogen) atoms. The van der Waals surface area contributed by atoms with Crippen LogP contribution in [0.4, 0.5) is 5.69 Å². The molecular formula is C14H12N2S. The van der Waals surface area contributed by atoms with E-state index in [4.69, 9.17) is 0 Å². The van der Waals surface area contributed by atoms with Gasteiger partial charge in [-0.2, -0.15) is 11.3 Å². The Labute approximate surface area is 104 Å². The van der Waals surface area contributed by atoms with E-state index in [2.05, 4.69) is 45.3 Å². The van der Waals surface area contributed by atoms with Crippen molar-refractivity contribution in [3.05, 3.63) is 59.0 Å². The first kappa shape index (κ1) is 10.3. The van der Waals surface area contributed by atoms with E-state index in [0.29, 0.717) is 0 Å². The highest BCUT2D eigenvalue weighted by atomic mass is 32.1. The summed E-state index contributed by atoms with van der Waals surface area (Å²) < 4.78 is 0. The van der Waals surface area contributed by atoms with Crippen LogP contribution in [0.2, 0.25) is 0 Å². The normalized spacial score (nSPS) is 10.6. The maximum Gasteiger partial charge on any atom is 0.0451 e. The Morgan fingerprint density at radius 3 is 2.94 bits per heavy atom. The van der Waals surface area contributed by atoms with Crippen LogP contribution in [-0.4, -0.2) is 4.98 Å². The molecule has 0 saturated heterocycles. The zero-order valence-electron chi connectivity index (χ0n) is 9.26. The number of nitrogens with zero attached hydrogens (tertiary/aromatic N) is 1. The smallest absolute Gasteiger partial charge is 0.0451 e. The lowest BCUT2D eigenvalue weighted by molar-refractivity contribution is 1.14. The van der Waals surface area contributed by atoms with Gasteiger partial charge in [-0.05, 0) is 22.4 Å². The van der Waals surface area contributed by atoms with Gasteiger partial charge in [-0.3, -0.25) is 4.98 Å². The number of pyridine rings is 1. The molecule has 3 rings (SSSR count). The molecule has 1 aromatic carbocycles. The Hall–Kier alpha value is -1.87. The van der Waals surface area contributed by atoms with Gasteiger partial charge in [0.2, 0.25) is 0 Å². The van der Waals surface area contributed by atoms with Gasteiger partial charge in [0, 0.05) is 35.4 Å². The molecule has 0 unspecified atom stereocenters. The predicted octanol–water partition coefficient (Wildman–Crippen LogP) is 3.91. The Balaban J connectivity index is 1.90. The summed E-state index contributed by atoms with van der Waals surface area (Å²) in [7, 11) is 0. The SMILES string of the molecule is c1ccc2c(CNc3ccsc3)cncc2c1. The molecule has 2 heterocycles. The molecular weight excluding hydrogens is 228 g/mol. The fraction of sp³-hybridized carbons (Fsp3) is 0.0714. The van der Waals surface area contributed by atoms with Crippen molar-refractivity contribution in [2.24, 2.45) is 0 Å². The predicted molar refractivity (Wildman–Crippen MR) is 73.4 cm³/mol. The van der Waals surface area contributed by atoms with E-state index in [0.717, 1.165) is 6.54 Å². The van der Waals surface area contributed by atoms with E-state index in [1.54, 1.807) is 11.3 Å². The standard InChI is InChI=1S/C14H12N2S/c1-2-4-14-11(3-1)7-15-8-12(14)9-16-13-5-6-17-10-13/h1-8,10,16H,9H2. The van der Waals surface area contributed by atoms with Crippen molar-refractivity contribution < 1.29 is 0 Å². The second-order valence-electron chi connectivity index (χ2n) is 3.89. The van der Waals surface area contributed by atoms with Crippen LogP contribution in [0.3, 0.4) is 0 Å². The molecule has 2 nitrogen and oxygen atoms in total. The molecule has 0 radical (unpaired) electrons. The van der Waals surface area contributed by atoms with E-state index < -0.39 is 0 Å². The molecule has 0 atom stereocenters. The van der Waals surface area contributed by atoms with Crippen LogP contribution >= 0.6 is 11.3 Å². The highest BCUT2D eigenvalue weighted by Crippen LogP contribution is 2.19. The van der Waals surface area contributed by atoms with Crippen LogP contribution in [0.5, 0.6) is 0 Å². The number of hydrogen-bond donors (Lipinski definition) is 1. The maximum absolute atomic E-state index is 4.28. The van der Waals surface area contributed by atoms with E-state index in [-0.39, 0.29) is 0 Å². The van der Waals surface area contributed by atoms with Gasteiger partial charge in [0.25, 0.3) is 0 Å². The number of aromatic nitrogens is 1. The van der Waals surface area contributed by atoms with Crippen molar-refractivity contribution in [3.63, 3.8) is 0 Å². The zero-order chi connectivity index (χ0) is 11.5. The number of thiophene rings is 1. The van der Waals surface area contributed by atoms with Crippen molar-refractivity contribution in [3.8, 4) is 0 Å².